The molecule has 0 saturated heterocycles. The zero-order valence-electron chi connectivity index (χ0n) is 16.0. The maximum atomic E-state index is 6.24. The molecule has 1 nitrogen and oxygen atoms in total. The fraction of sp³-hybridized carbons (Fsp3) is 0.714. The third-order valence-corrected chi connectivity index (χ3v) is 12.9. The summed E-state index contributed by atoms with van der Waals surface area (Å²) in [5.41, 5.74) is 0. The van der Waals surface area contributed by atoms with Gasteiger partial charge in [-0.2, -0.15) is 0 Å². The molecule has 2 fully saturated rings. The van der Waals surface area contributed by atoms with Crippen LogP contribution >= 0.6 is 0 Å². The Labute approximate surface area is 214 Å². The fourth-order valence-corrected chi connectivity index (χ4v) is 12.5. The molecule has 0 N–H and O–H groups in total. The van der Waals surface area contributed by atoms with Crippen molar-refractivity contribution >= 4 is 19.0 Å². The first kappa shape index (κ1) is 27.7. The number of halogens is 2. The van der Waals surface area contributed by atoms with Crippen molar-refractivity contribution in [3.05, 3.63) is 24.3 Å². The zero-order chi connectivity index (χ0) is 16.1. The van der Waals surface area contributed by atoms with Crippen LogP contribution in [0.3, 0.4) is 0 Å². The first-order valence-electron chi connectivity index (χ1n) is 9.79. The van der Waals surface area contributed by atoms with Gasteiger partial charge < -0.3 is 48.0 Å². The Kier molecular flexibility index (Phi) is 15.6. The van der Waals surface area contributed by atoms with Gasteiger partial charge in [0.2, 0.25) is 0 Å². The Hall–Kier alpha value is 1.73. The quantitative estimate of drug-likeness (QED) is 0.297. The Morgan fingerprint density at radius 1 is 0.808 bits per heavy atom. The van der Waals surface area contributed by atoms with Gasteiger partial charge in [-0.05, 0) is 0 Å². The third-order valence-electron chi connectivity index (χ3n) is 5.44. The van der Waals surface area contributed by atoms with Crippen molar-refractivity contribution in [1.82, 2.24) is 0 Å². The van der Waals surface area contributed by atoms with E-state index < -0.39 is 14.7 Å². The van der Waals surface area contributed by atoms with Crippen LogP contribution in [0.25, 0.3) is 0 Å². The van der Waals surface area contributed by atoms with E-state index in [0.29, 0.717) is 0 Å². The minimum Gasteiger partial charge on any atom is -1.00 e. The van der Waals surface area contributed by atoms with Crippen LogP contribution in [0.1, 0.15) is 78.1 Å². The second-order valence-electron chi connectivity index (χ2n) is 7.63. The van der Waals surface area contributed by atoms with Gasteiger partial charge in [-0.1, -0.05) is 0 Å². The van der Waals surface area contributed by atoms with Gasteiger partial charge in [0.25, 0.3) is 0 Å². The van der Waals surface area contributed by atoms with Gasteiger partial charge in [-0.3, -0.25) is 0 Å². The van der Waals surface area contributed by atoms with Crippen molar-refractivity contribution in [3.63, 3.8) is 0 Å². The molecular weight excluding hydrogens is 792 g/mol. The molecule has 0 radical (unpaired) electrons. The van der Waals surface area contributed by atoms with Crippen molar-refractivity contribution in [2.24, 2.45) is 0 Å². The number of para-hydroxylation sites is 1. The Bertz CT molecular complexity index is 471. The standard InChI is InChI=1S/C21H33AsO.2HI.Pt/c1-17(2)23-21-16-10-9-15-20(21)22(18-11-5-3-6-12-18)19-13-7-4-8-14-19;;;/h9-10,15-19H,3-8,11-14H2,1-2H3;2*1H;/q;;;+2/p-2. The molecule has 26 heavy (non-hydrogen) atoms. The van der Waals surface area contributed by atoms with Gasteiger partial charge in [-0.15, -0.1) is 0 Å². The molecule has 0 heterocycles. The molecule has 0 bridgehead atoms. The molecule has 2 aliphatic rings. The summed E-state index contributed by atoms with van der Waals surface area (Å²) in [6, 6.07) is 9.09. The van der Waals surface area contributed by atoms with Gasteiger partial charge in [-0.25, -0.2) is 0 Å². The van der Waals surface area contributed by atoms with Crippen molar-refractivity contribution < 1.29 is 73.8 Å². The van der Waals surface area contributed by atoms with Crippen molar-refractivity contribution in [2.75, 3.05) is 0 Å². The molecule has 0 aromatic heterocycles. The predicted octanol–water partition coefficient (Wildman–Crippen LogP) is -0.150. The average molecular weight is 825 g/mol. The number of benzene rings is 1. The maximum absolute atomic E-state index is 6.24. The van der Waals surface area contributed by atoms with Gasteiger partial charge in [0.15, 0.2) is 0 Å². The molecule has 1 aromatic rings. The minimum atomic E-state index is -1.06. The SMILES string of the molecule is CC(C)Oc1ccccc1[As](C1CCCCC1)C1CCCCC1.[I-].[I-].[Pt+2]. The summed E-state index contributed by atoms with van der Waals surface area (Å²) in [5.74, 6) is 1.22. The fourth-order valence-electron chi connectivity index (χ4n) is 4.43. The van der Waals surface area contributed by atoms with Crippen LogP contribution in [0.4, 0.5) is 0 Å². The molecule has 152 valence electrons. The Morgan fingerprint density at radius 2 is 1.27 bits per heavy atom. The third kappa shape index (κ3) is 7.86. The summed E-state index contributed by atoms with van der Waals surface area (Å²) in [6.45, 7) is 4.32. The predicted molar refractivity (Wildman–Crippen MR) is 101 cm³/mol. The molecule has 3 rings (SSSR count). The van der Waals surface area contributed by atoms with Crippen molar-refractivity contribution in [1.29, 1.82) is 0 Å². The Morgan fingerprint density at radius 3 is 1.73 bits per heavy atom. The minimum absolute atomic E-state index is 0. The van der Waals surface area contributed by atoms with E-state index in [1.54, 1.807) is 4.35 Å². The smallest absolute Gasteiger partial charge is 1.00 e. The van der Waals surface area contributed by atoms with Crippen LogP contribution in [-0.2, 0) is 21.1 Å². The molecule has 0 amide bonds. The molecule has 2 aliphatic carbocycles. The van der Waals surface area contributed by atoms with Crippen LogP contribution in [0, 0.1) is 0 Å². The summed E-state index contributed by atoms with van der Waals surface area (Å²) < 4.78 is 9.95. The van der Waals surface area contributed by atoms with Crippen molar-refractivity contribution in [3.8, 4) is 5.75 Å². The molecule has 0 unspecified atom stereocenters. The average Bonchev–Trinajstić information content (AvgIpc) is 2.58. The van der Waals surface area contributed by atoms with E-state index in [-0.39, 0.29) is 75.1 Å². The molecule has 0 spiro atoms. The molecule has 0 aliphatic heterocycles. The van der Waals surface area contributed by atoms with Crippen LogP contribution in [0.5, 0.6) is 5.75 Å². The summed E-state index contributed by atoms with van der Waals surface area (Å²) in [7, 11) is 0. The van der Waals surface area contributed by atoms with E-state index in [1.807, 2.05) is 0 Å². The number of hydrogen-bond donors (Lipinski definition) is 0. The maximum Gasteiger partial charge on any atom is 2.00 e. The van der Waals surface area contributed by atoms with E-state index in [9.17, 15) is 0 Å². The van der Waals surface area contributed by atoms with Gasteiger partial charge in [0.05, 0.1) is 0 Å². The summed E-state index contributed by atoms with van der Waals surface area (Å²) >= 11 is -1.06. The topological polar surface area (TPSA) is 9.23 Å². The van der Waals surface area contributed by atoms with Gasteiger partial charge >= 0.3 is 168 Å². The van der Waals surface area contributed by atoms with Crippen LogP contribution in [0.2, 0.25) is 9.41 Å². The van der Waals surface area contributed by atoms with Crippen molar-refractivity contribution in [2.45, 2.75) is 93.6 Å². The molecular formula is C21H33AsI2OPt. The van der Waals surface area contributed by atoms with Gasteiger partial charge in [0, 0.05) is 0 Å². The summed E-state index contributed by atoms with van der Waals surface area (Å²) in [5, 5.41) is 0. The number of hydrogen-bond acceptors (Lipinski definition) is 1. The van der Waals surface area contributed by atoms with E-state index in [4.69, 9.17) is 4.74 Å². The molecule has 2 saturated carbocycles. The first-order chi connectivity index (χ1) is 11.3. The second-order valence-corrected chi connectivity index (χ2v) is 13.4. The van der Waals surface area contributed by atoms with Crippen LogP contribution in [-0.4, -0.2) is 20.8 Å². The van der Waals surface area contributed by atoms with E-state index in [1.165, 1.54) is 70.0 Å². The van der Waals surface area contributed by atoms with Crippen LogP contribution in [0.15, 0.2) is 24.3 Å². The Balaban J connectivity index is 0.00000208. The van der Waals surface area contributed by atoms with E-state index >= 15 is 0 Å². The van der Waals surface area contributed by atoms with Crippen LogP contribution < -0.4 is 57.0 Å². The molecule has 0 atom stereocenters. The summed E-state index contributed by atoms with van der Waals surface area (Å²) in [4.78, 5) is 0. The number of ether oxygens (including phenoxy) is 1. The normalized spacial score (nSPS) is 18.6. The van der Waals surface area contributed by atoms with E-state index in [2.05, 4.69) is 38.1 Å². The number of rotatable bonds is 5. The molecule has 1 aromatic carbocycles. The zero-order valence-corrected chi connectivity index (χ0v) is 24.5. The first-order valence-corrected chi connectivity index (χ1v) is 12.9. The summed E-state index contributed by atoms with van der Waals surface area (Å²) in [6.07, 6.45) is 15.1. The van der Waals surface area contributed by atoms with Gasteiger partial charge in [0.1, 0.15) is 0 Å². The largest absolute Gasteiger partial charge is 2.00 e. The van der Waals surface area contributed by atoms with E-state index in [0.717, 1.165) is 9.41 Å². The monoisotopic (exact) mass is 825 g/mol. The second kappa shape index (κ2) is 14.7. The molecule has 5 heteroatoms.